The van der Waals surface area contributed by atoms with Crippen molar-refractivity contribution in [3.63, 3.8) is 0 Å². The molecule has 0 spiro atoms. The van der Waals surface area contributed by atoms with Gasteiger partial charge >= 0.3 is 0 Å². The molecule has 0 amide bonds. The topological polar surface area (TPSA) is 49.7 Å². The summed E-state index contributed by atoms with van der Waals surface area (Å²) >= 11 is 0. The fourth-order valence-corrected chi connectivity index (χ4v) is 4.66. The fraction of sp³-hybridized carbons (Fsp3) is 0.727. The van der Waals surface area contributed by atoms with Gasteiger partial charge in [-0.1, -0.05) is 62.5 Å². The SMILES string of the molecule is CCCCCCC/C=C/[C@H]1O[C@H]2[C@H](C=C1C)[C@H]1C[C@@H](O)CC1=C[C@@H]2O. The smallest absolute Gasteiger partial charge is 0.0991 e. The van der Waals surface area contributed by atoms with Gasteiger partial charge in [0.15, 0.2) is 0 Å². The highest BCUT2D eigenvalue weighted by molar-refractivity contribution is 5.30. The quantitative estimate of drug-likeness (QED) is 0.533. The summed E-state index contributed by atoms with van der Waals surface area (Å²) in [4.78, 5) is 0. The molecule has 3 rings (SSSR count). The molecule has 0 radical (unpaired) electrons. The number of allylic oxidation sites excluding steroid dienone is 1. The maximum Gasteiger partial charge on any atom is 0.0991 e. The molecule has 3 heteroatoms. The molecule has 1 saturated carbocycles. The Kier molecular flexibility index (Phi) is 6.54. The van der Waals surface area contributed by atoms with Crippen LogP contribution in [-0.4, -0.2) is 34.6 Å². The Morgan fingerprint density at radius 3 is 2.76 bits per heavy atom. The summed E-state index contributed by atoms with van der Waals surface area (Å²) in [5.74, 6) is 0.535. The van der Waals surface area contributed by atoms with Crippen LogP contribution in [0.15, 0.2) is 35.5 Å². The van der Waals surface area contributed by atoms with Crippen LogP contribution in [0, 0.1) is 11.8 Å². The van der Waals surface area contributed by atoms with E-state index in [0.717, 1.165) is 12.8 Å². The van der Waals surface area contributed by atoms with Gasteiger partial charge in [0.2, 0.25) is 0 Å². The molecular formula is C22H34O3. The van der Waals surface area contributed by atoms with Gasteiger partial charge in [-0.2, -0.15) is 0 Å². The molecule has 1 heterocycles. The van der Waals surface area contributed by atoms with E-state index in [1.807, 2.05) is 6.08 Å². The maximum absolute atomic E-state index is 10.5. The van der Waals surface area contributed by atoms with E-state index >= 15 is 0 Å². The van der Waals surface area contributed by atoms with E-state index in [1.54, 1.807) is 0 Å². The zero-order valence-electron chi connectivity index (χ0n) is 15.7. The lowest BCUT2D eigenvalue weighted by Crippen LogP contribution is -2.46. The zero-order chi connectivity index (χ0) is 17.8. The lowest BCUT2D eigenvalue weighted by atomic mass is 9.74. The summed E-state index contributed by atoms with van der Waals surface area (Å²) in [6.45, 7) is 4.37. The summed E-state index contributed by atoms with van der Waals surface area (Å²) in [7, 11) is 0. The molecule has 3 aliphatic rings. The molecule has 140 valence electrons. The molecule has 2 N–H and O–H groups in total. The Labute approximate surface area is 152 Å². The zero-order valence-corrected chi connectivity index (χ0v) is 15.7. The van der Waals surface area contributed by atoms with Gasteiger partial charge in [-0.25, -0.2) is 0 Å². The van der Waals surface area contributed by atoms with Crippen LogP contribution in [0.1, 0.15) is 65.2 Å². The summed E-state index contributed by atoms with van der Waals surface area (Å²) in [6.07, 6.45) is 16.7. The molecule has 0 saturated heterocycles. The standard InChI is InChI=1S/C22H34O3/c1-3-4-5-6-7-8-9-10-21-15(2)11-19-18-14-17(23)12-16(18)13-20(24)22(19)25-21/h9-11,13,17-24H,3-8,12,14H2,1-2H3/b10-9+/t17-,18-,19+,20-,21+,22-/m0/s1. The van der Waals surface area contributed by atoms with Crippen molar-refractivity contribution >= 4 is 0 Å². The highest BCUT2D eigenvalue weighted by Crippen LogP contribution is 2.46. The second-order valence-corrected chi connectivity index (χ2v) is 8.07. The molecule has 1 fully saturated rings. The van der Waals surface area contributed by atoms with E-state index in [-0.39, 0.29) is 24.2 Å². The third-order valence-corrected chi connectivity index (χ3v) is 6.03. The molecule has 0 unspecified atom stereocenters. The third kappa shape index (κ3) is 4.45. The number of rotatable bonds is 7. The second kappa shape index (κ2) is 8.66. The van der Waals surface area contributed by atoms with Crippen molar-refractivity contribution in [2.24, 2.45) is 11.8 Å². The molecule has 2 aliphatic carbocycles. The van der Waals surface area contributed by atoms with Crippen LogP contribution in [0.5, 0.6) is 0 Å². The lowest BCUT2D eigenvalue weighted by molar-refractivity contribution is -0.0790. The van der Waals surface area contributed by atoms with Crippen LogP contribution >= 0.6 is 0 Å². The van der Waals surface area contributed by atoms with Gasteiger partial charge in [0.1, 0.15) is 0 Å². The van der Waals surface area contributed by atoms with Crippen molar-refractivity contribution in [2.45, 2.75) is 89.6 Å². The predicted octanol–water partition coefficient (Wildman–Crippen LogP) is 4.30. The Balaban J connectivity index is 1.57. The van der Waals surface area contributed by atoms with Crippen molar-refractivity contribution in [1.29, 1.82) is 0 Å². The third-order valence-electron chi connectivity index (χ3n) is 6.03. The number of aliphatic hydroxyl groups is 2. The minimum absolute atomic E-state index is 0.0205. The molecule has 0 aromatic rings. The van der Waals surface area contributed by atoms with Crippen molar-refractivity contribution in [3.05, 3.63) is 35.5 Å². The molecule has 0 aromatic heterocycles. The maximum atomic E-state index is 10.5. The molecule has 0 bridgehead atoms. The first kappa shape index (κ1) is 18.9. The first-order valence-corrected chi connectivity index (χ1v) is 10.2. The first-order chi connectivity index (χ1) is 12.1. The lowest BCUT2D eigenvalue weighted by Gasteiger charge is -2.42. The Bertz CT molecular complexity index is 533. The van der Waals surface area contributed by atoms with Crippen molar-refractivity contribution in [3.8, 4) is 0 Å². The van der Waals surface area contributed by atoms with E-state index in [2.05, 4.69) is 32.1 Å². The van der Waals surface area contributed by atoms with E-state index in [1.165, 1.54) is 43.3 Å². The number of unbranched alkanes of at least 4 members (excludes halogenated alkanes) is 5. The Morgan fingerprint density at radius 1 is 1.16 bits per heavy atom. The minimum Gasteiger partial charge on any atom is -0.393 e. The first-order valence-electron chi connectivity index (χ1n) is 10.2. The van der Waals surface area contributed by atoms with Gasteiger partial charge in [-0.05, 0) is 44.1 Å². The van der Waals surface area contributed by atoms with Crippen molar-refractivity contribution < 1.29 is 14.9 Å². The van der Waals surface area contributed by atoms with Crippen LogP contribution in [-0.2, 0) is 4.74 Å². The van der Waals surface area contributed by atoms with Crippen LogP contribution in [0.3, 0.4) is 0 Å². The summed E-state index contributed by atoms with van der Waals surface area (Å²) in [5, 5.41) is 20.5. The average molecular weight is 347 g/mol. The van der Waals surface area contributed by atoms with E-state index in [9.17, 15) is 10.2 Å². The molecule has 6 atom stereocenters. The monoisotopic (exact) mass is 346 g/mol. The van der Waals surface area contributed by atoms with Crippen LogP contribution in [0.25, 0.3) is 0 Å². The Morgan fingerprint density at radius 2 is 1.96 bits per heavy atom. The molecule has 0 aromatic carbocycles. The summed E-state index contributed by atoms with van der Waals surface area (Å²) < 4.78 is 6.27. The Hall–Kier alpha value is -0.900. The summed E-state index contributed by atoms with van der Waals surface area (Å²) in [5.41, 5.74) is 2.45. The second-order valence-electron chi connectivity index (χ2n) is 8.07. The van der Waals surface area contributed by atoms with Crippen molar-refractivity contribution in [2.75, 3.05) is 0 Å². The highest BCUT2D eigenvalue weighted by Gasteiger charge is 2.45. The average Bonchev–Trinajstić information content (AvgIpc) is 2.95. The number of aliphatic hydroxyl groups excluding tert-OH is 2. The van der Waals surface area contributed by atoms with Gasteiger partial charge in [0, 0.05) is 5.92 Å². The predicted molar refractivity (Wildman–Crippen MR) is 101 cm³/mol. The van der Waals surface area contributed by atoms with E-state index < -0.39 is 6.10 Å². The minimum atomic E-state index is -0.559. The number of hydrogen-bond donors (Lipinski definition) is 2. The van der Waals surface area contributed by atoms with Gasteiger partial charge in [-0.3, -0.25) is 0 Å². The van der Waals surface area contributed by atoms with Crippen LogP contribution < -0.4 is 0 Å². The fourth-order valence-electron chi connectivity index (χ4n) is 4.66. The van der Waals surface area contributed by atoms with Crippen LogP contribution in [0.2, 0.25) is 0 Å². The van der Waals surface area contributed by atoms with Gasteiger partial charge in [0.05, 0.1) is 24.4 Å². The number of hydrogen-bond acceptors (Lipinski definition) is 3. The summed E-state index contributed by atoms with van der Waals surface area (Å²) in [6, 6.07) is 0. The van der Waals surface area contributed by atoms with Gasteiger partial charge in [-0.15, -0.1) is 0 Å². The van der Waals surface area contributed by atoms with E-state index in [4.69, 9.17) is 4.74 Å². The number of fused-ring (bicyclic) bond motifs is 3. The molecule has 3 nitrogen and oxygen atoms in total. The highest BCUT2D eigenvalue weighted by atomic mass is 16.5. The normalized spacial score (nSPS) is 37.6. The van der Waals surface area contributed by atoms with Crippen molar-refractivity contribution in [1.82, 2.24) is 0 Å². The molecular weight excluding hydrogens is 312 g/mol. The number of ether oxygens (including phenoxy) is 1. The van der Waals surface area contributed by atoms with E-state index in [0.29, 0.717) is 12.3 Å². The largest absolute Gasteiger partial charge is 0.393 e. The van der Waals surface area contributed by atoms with Gasteiger partial charge < -0.3 is 14.9 Å². The molecule has 25 heavy (non-hydrogen) atoms. The molecule has 1 aliphatic heterocycles. The van der Waals surface area contributed by atoms with Gasteiger partial charge in [0.25, 0.3) is 0 Å². The van der Waals surface area contributed by atoms with Crippen LogP contribution in [0.4, 0.5) is 0 Å².